The van der Waals surface area contributed by atoms with Crippen molar-refractivity contribution in [2.75, 3.05) is 0 Å². The maximum atomic E-state index is 6.34. The number of benzene rings is 1. The van der Waals surface area contributed by atoms with Gasteiger partial charge in [0.1, 0.15) is 5.75 Å². The zero-order valence-corrected chi connectivity index (χ0v) is 15.8. The Balaban J connectivity index is 2.10. The van der Waals surface area contributed by atoms with E-state index in [2.05, 4.69) is 19.6 Å². The molecule has 2 rings (SSSR count). The van der Waals surface area contributed by atoms with Gasteiger partial charge >= 0.3 is 7.12 Å². The number of hydrogen-bond acceptors (Lipinski definition) is 4. The molecule has 4 nitrogen and oxygen atoms in total. The molecule has 1 aliphatic heterocycles. The first-order valence-corrected chi connectivity index (χ1v) is 11.2. The van der Waals surface area contributed by atoms with Crippen LogP contribution in [0.2, 0.25) is 19.6 Å². The zero-order chi connectivity index (χ0) is 16.8. The Kier molecular flexibility index (Phi) is 4.52. The van der Waals surface area contributed by atoms with E-state index >= 15 is 0 Å². The van der Waals surface area contributed by atoms with E-state index in [0.717, 1.165) is 11.3 Å². The van der Waals surface area contributed by atoms with E-state index in [-0.39, 0.29) is 17.1 Å². The van der Waals surface area contributed by atoms with Crippen molar-refractivity contribution in [3.05, 3.63) is 29.8 Å². The highest BCUT2D eigenvalue weighted by molar-refractivity contribution is 6.70. The third-order valence-electron chi connectivity index (χ3n) is 4.25. The minimum atomic E-state index is -1.59. The van der Waals surface area contributed by atoms with Crippen LogP contribution in [0.1, 0.15) is 39.2 Å². The SMILES string of the molecule is CC1(C)OB([C@H](N)c2ccc(O[Si](C)(C)C)cc2)OC1(C)C. The number of nitrogens with two attached hydrogens (primary N) is 1. The standard InChI is InChI=1S/C16H28BNO3Si/c1-15(2)16(3,4)21-17(20-15)14(18)12-8-10-13(11-9-12)19-22(5,6)7/h8-11,14H,18H2,1-7H3/t14-/m1/s1. The Hall–Kier alpha value is -0.818. The first-order chi connectivity index (χ1) is 9.91. The number of hydrogen-bond donors (Lipinski definition) is 1. The highest BCUT2D eigenvalue weighted by Crippen LogP contribution is 2.39. The molecule has 122 valence electrons. The molecule has 1 heterocycles. The Morgan fingerprint density at radius 1 is 1.00 bits per heavy atom. The van der Waals surface area contributed by atoms with Crippen molar-refractivity contribution in [3.63, 3.8) is 0 Å². The molecule has 0 amide bonds. The van der Waals surface area contributed by atoms with Crippen LogP contribution in [0.15, 0.2) is 24.3 Å². The highest BCUT2D eigenvalue weighted by Gasteiger charge is 2.53. The van der Waals surface area contributed by atoms with E-state index in [1.54, 1.807) is 0 Å². The van der Waals surface area contributed by atoms with Gasteiger partial charge in [-0.3, -0.25) is 0 Å². The lowest BCUT2D eigenvalue weighted by Gasteiger charge is -2.32. The summed E-state index contributed by atoms with van der Waals surface area (Å²) in [5.41, 5.74) is 6.60. The summed E-state index contributed by atoms with van der Waals surface area (Å²) >= 11 is 0. The van der Waals surface area contributed by atoms with Gasteiger partial charge in [0, 0.05) is 0 Å². The molecule has 0 aromatic heterocycles. The van der Waals surface area contributed by atoms with Crippen molar-refractivity contribution >= 4 is 15.4 Å². The summed E-state index contributed by atoms with van der Waals surface area (Å²) in [5, 5.41) is 0. The minimum absolute atomic E-state index is 0.318. The van der Waals surface area contributed by atoms with Crippen molar-refractivity contribution < 1.29 is 13.7 Å². The van der Waals surface area contributed by atoms with E-state index in [1.807, 2.05) is 52.0 Å². The molecule has 1 aromatic rings. The van der Waals surface area contributed by atoms with Crippen molar-refractivity contribution in [1.82, 2.24) is 0 Å². The van der Waals surface area contributed by atoms with Crippen molar-refractivity contribution in [3.8, 4) is 5.75 Å². The van der Waals surface area contributed by atoms with Gasteiger partial charge in [0.2, 0.25) is 8.32 Å². The highest BCUT2D eigenvalue weighted by atomic mass is 28.4. The topological polar surface area (TPSA) is 53.7 Å². The molecule has 0 unspecified atom stereocenters. The Morgan fingerprint density at radius 3 is 1.86 bits per heavy atom. The summed E-state index contributed by atoms with van der Waals surface area (Å²) in [5.74, 6) is 0.575. The van der Waals surface area contributed by atoms with Crippen LogP contribution in [0.25, 0.3) is 0 Å². The van der Waals surface area contributed by atoms with Crippen LogP contribution in [0.4, 0.5) is 0 Å². The molecule has 1 fully saturated rings. The smallest absolute Gasteiger partial charge is 0.480 e. The average molecular weight is 321 g/mol. The predicted molar refractivity (Wildman–Crippen MR) is 93.4 cm³/mol. The molecule has 2 N–H and O–H groups in total. The van der Waals surface area contributed by atoms with E-state index in [0.29, 0.717) is 0 Å². The summed E-state index contributed by atoms with van der Waals surface area (Å²) in [6.07, 6.45) is 0. The molecule has 1 atom stereocenters. The fraction of sp³-hybridized carbons (Fsp3) is 0.625. The van der Waals surface area contributed by atoms with Crippen LogP contribution < -0.4 is 10.2 Å². The van der Waals surface area contributed by atoms with E-state index in [4.69, 9.17) is 19.5 Å². The van der Waals surface area contributed by atoms with Gasteiger partial charge in [-0.2, -0.15) is 0 Å². The fourth-order valence-corrected chi connectivity index (χ4v) is 3.15. The van der Waals surface area contributed by atoms with Crippen LogP contribution in [0.5, 0.6) is 5.75 Å². The van der Waals surface area contributed by atoms with Crippen molar-refractivity contribution in [1.29, 1.82) is 0 Å². The molecule has 1 aliphatic rings. The second kappa shape index (κ2) is 5.67. The van der Waals surface area contributed by atoms with Crippen LogP contribution in [0, 0.1) is 0 Å². The van der Waals surface area contributed by atoms with Gasteiger partial charge < -0.3 is 19.5 Å². The molecule has 0 bridgehead atoms. The molecular weight excluding hydrogens is 293 g/mol. The van der Waals surface area contributed by atoms with Gasteiger partial charge in [0.05, 0.1) is 17.1 Å². The van der Waals surface area contributed by atoms with Crippen molar-refractivity contribution in [2.24, 2.45) is 5.73 Å². The summed E-state index contributed by atoms with van der Waals surface area (Å²) in [6, 6.07) is 7.92. The molecule has 1 saturated heterocycles. The first kappa shape index (κ1) is 17.5. The lowest BCUT2D eigenvalue weighted by Crippen LogP contribution is -2.41. The van der Waals surface area contributed by atoms with Crippen molar-refractivity contribution in [2.45, 2.75) is 64.5 Å². The van der Waals surface area contributed by atoms with Gasteiger partial charge in [0.15, 0.2) is 0 Å². The Morgan fingerprint density at radius 2 is 1.45 bits per heavy atom. The second-order valence-corrected chi connectivity index (χ2v) is 12.4. The van der Waals surface area contributed by atoms with E-state index in [1.165, 1.54) is 0 Å². The maximum Gasteiger partial charge on any atom is 0.480 e. The molecule has 0 spiro atoms. The van der Waals surface area contributed by atoms with Crippen LogP contribution in [-0.2, 0) is 9.31 Å². The Bertz CT molecular complexity index is 509. The molecule has 1 aromatic carbocycles. The lowest BCUT2D eigenvalue weighted by atomic mass is 9.75. The molecule has 6 heteroatoms. The zero-order valence-electron chi connectivity index (χ0n) is 14.8. The third kappa shape index (κ3) is 3.74. The summed E-state index contributed by atoms with van der Waals surface area (Å²) < 4.78 is 18.0. The molecular formula is C16H28BNO3Si. The molecule has 0 saturated carbocycles. The van der Waals surface area contributed by atoms with E-state index in [9.17, 15) is 0 Å². The summed E-state index contributed by atoms with van der Waals surface area (Å²) in [6.45, 7) is 14.6. The van der Waals surface area contributed by atoms with Gasteiger partial charge in [-0.15, -0.1) is 0 Å². The number of rotatable bonds is 4. The fourth-order valence-electron chi connectivity index (χ4n) is 2.30. The van der Waals surface area contributed by atoms with Gasteiger partial charge in [-0.25, -0.2) is 0 Å². The van der Waals surface area contributed by atoms with E-state index < -0.39 is 15.4 Å². The molecule has 0 aliphatic carbocycles. The van der Waals surface area contributed by atoms with Gasteiger partial charge in [0.25, 0.3) is 0 Å². The largest absolute Gasteiger partial charge is 0.544 e. The quantitative estimate of drug-likeness (QED) is 0.862. The normalized spacial score (nSPS) is 21.7. The van der Waals surface area contributed by atoms with Gasteiger partial charge in [-0.1, -0.05) is 12.1 Å². The lowest BCUT2D eigenvalue weighted by molar-refractivity contribution is 0.00578. The third-order valence-corrected chi connectivity index (χ3v) is 5.10. The molecule has 0 radical (unpaired) electrons. The average Bonchev–Trinajstić information content (AvgIpc) is 2.56. The Labute approximate surface area is 135 Å². The molecule has 22 heavy (non-hydrogen) atoms. The summed E-state index contributed by atoms with van der Waals surface area (Å²) in [4.78, 5) is 0. The van der Waals surface area contributed by atoms with Crippen LogP contribution >= 0.6 is 0 Å². The van der Waals surface area contributed by atoms with Gasteiger partial charge in [-0.05, 0) is 65.0 Å². The van der Waals surface area contributed by atoms with Crippen LogP contribution in [-0.4, -0.2) is 26.6 Å². The first-order valence-electron chi connectivity index (χ1n) is 7.81. The predicted octanol–water partition coefficient (Wildman–Crippen LogP) is 3.53. The van der Waals surface area contributed by atoms with Crippen LogP contribution in [0.3, 0.4) is 0 Å². The minimum Gasteiger partial charge on any atom is -0.544 e. The monoisotopic (exact) mass is 321 g/mol. The second-order valence-electron chi connectivity index (χ2n) is 7.93. The maximum absolute atomic E-state index is 6.34. The summed E-state index contributed by atoms with van der Waals surface area (Å²) in [7, 11) is -2.02.